The summed E-state index contributed by atoms with van der Waals surface area (Å²) in [5, 5.41) is 0. The van der Waals surface area contributed by atoms with E-state index in [0.717, 1.165) is 37.5 Å². The van der Waals surface area contributed by atoms with Crippen LogP contribution < -0.4 is 16.4 Å². The number of para-hydroxylation sites is 1. The third-order valence-electron chi connectivity index (χ3n) is 6.74. The van der Waals surface area contributed by atoms with Crippen molar-refractivity contribution in [2.24, 2.45) is 17.4 Å². The first-order valence-electron chi connectivity index (χ1n) is 12.3. The van der Waals surface area contributed by atoms with Crippen molar-refractivity contribution in [3.05, 3.63) is 102 Å². The van der Waals surface area contributed by atoms with Gasteiger partial charge in [0.05, 0.1) is 11.6 Å². The number of benzene rings is 3. The lowest BCUT2D eigenvalue weighted by atomic mass is 9.91. The van der Waals surface area contributed by atoms with Crippen LogP contribution in [-0.2, 0) is 0 Å². The normalized spacial score (nSPS) is 17.1. The Balaban J connectivity index is 0.000000162. The summed E-state index contributed by atoms with van der Waals surface area (Å²) in [6.07, 6.45) is 1.93. The second-order valence-corrected chi connectivity index (χ2v) is 9.49. The van der Waals surface area contributed by atoms with Crippen molar-refractivity contribution in [1.82, 2.24) is 4.90 Å². The summed E-state index contributed by atoms with van der Waals surface area (Å²) in [6, 6.07) is 29.8. The first-order chi connectivity index (χ1) is 16.5. The molecule has 0 bridgehead atoms. The molecule has 2 heterocycles. The number of carbonyl (C=O) groups excluding carboxylic acids is 1. The number of rotatable bonds is 5. The number of hydrogen-bond donors (Lipinski definition) is 2. The number of amides is 1. The molecule has 34 heavy (non-hydrogen) atoms. The van der Waals surface area contributed by atoms with E-state index in [2.05, 4.69) is 77.4 Å². The zero-order chi connectivity index (χ0) is 23.9. The highest BCUT2D eigenvalue weighted by Crippen LogP contribution is 2.33. The molecule has 0 spiro atoms. The van der Waals surface area contributed by atoms with E-state index in [1.54, 1.807) is 6.07 Å². The van der Waals surface area contributed by atoms with Gasteiger partial charge >= 0.3 is 0 Å². The molecule has 0 radical (unpaired) electrons. The molecule has 2 aliphatic heterocycles. The Labute approximate surface area is 203 Å². The van der Waals surface area contributed by atoms with Gasteiger partial charge in [-0.3, -0.25) is 9.69 Å². The smallest absolute Gasteiger partial charge is 0.250 e. The summed E-state index contributed by atoms with van der Waals surface area (Å²) >= 11 is 0. The number of nitrogens with zero attached hydrogens (tertiary/aromatic N) is 2. The minimum Gasteiger partial charge on any atom is -0.371 e. The number of anilines is 1. The van der Waals surface area contributed by atoms with Crippen LogP contribution in [0.15, 0.2) is 84.9 Å². The van der Waals surface area contributed by atoms with Crippen LogP contribution in [0.1, 0.15) is 47.3 Å². The highest BCUT2D eigenvalue weighted by molar-refractivity contribution is 5.98. The summed E-state index contributed by atoms with van der Waals surface area (Å²) < 4.78 is 0. The van der Waals surface area contributed by atoms with Crippen molar-refractivity contribution in [1.29, 1.82) is 0 Å². The van der Waals surface area contributed by atoms with Crippen LogP contribution in [0.4, 0.5) is 5.69 Å². The van der Waals surface area contributed by atoms with Crippen LogP contribution >= 0.6 is 0 Å². The topological polar surface area (TPSA) is 75.6 Å². The van der Waals surface area contributed by atoms with E-state index in [-0.39, 0.29) is 11.9 Å². The molecule has 0 atom stereocenters. The SMILES string of the molecule is CC1CN(C(c2ccccc2)c2ccccc2)C1.NC(=O)c1ccccc1N1CCC(N)CC1. The lowest BCUT2D eigenvalue weighted by molar-refractivity contribution is 0.0796. The van der Waals surface area contributed by atoms with Crippen molar-refractivity contribution >= 4 is 11.6 Å². The number of carbonyl (C=O) groups is 1. The summed E-state index contributed by atoms with van der Waals surface area (Å²) in [7, 11) is 0. The Kier molecular flexibility index (Phi) is 7.99. The van der Waals surface area contributed by atoms with E-state index in [9.17, 15) is 4.79 Å². The van der Waals surface area contributed by atoms with Crippen LogP contribution in [0, 0.1) is 5.92 Å². The van der Waals surface area contributed by atoms with Crippen LogP contribution in [0.2, 0.25) is 0 Å². The number of nitrogens with two attached hydrogens (primary N) is 2. The standard InChI is InChI=1S/C17H19N.C12H17N3O/c1-14-12-18(13-14)17(15-8-4-2-5-9-15)16-10-6-3-7-11-16;13-9-5-7-15(8-6-9)11-4-2-1-3-10(11)12(14)16/h2-11,14,17H,12-13H2,1H3;1-4,9H,5-8,13H2,(H2,14,16). The Bertz CT molecular complexity index is 1000. The highest BCUT2D eigenvalue weighted by Gasteiger charge is 2.31. The van der Waals surface area contributed by atoms with Gasteiger partial charge in [0, 0.05) is 37.9 Å². The molecule has 178 valence electrons. The Hall–Kier alpha value is -3.15. The van der Waals surface area contributed by atoms with E-state index < -0.39 is 0 Å². The van der Waals surface area contributed by atoms with Crippen molar-refractivity contribution in [2.45, 2.75) is 31.8 Å². The first-order valence-corrected chi connectivity index (χ1v) is 12.3. The average molecular weight is 457 g/mol. The summed E-state index contributed by atoms with van der Waals surface area (Å²) in [4.78, 5) is 16.0. The Morgan fingerprint density at radius 2 is 1.32 bits per heavy atom. The Morgan fingerprint density at radius 1 is 0.824 bits per heavy atom. The summed E-state index contributed by atoms with van der Waals surface area (Å²) in [5.74, 6) is 0.463. The molecule has 4 N–H and O–H groups in total. The third-order valence-corrected chi connectivity index (χ3v) is 6.74. The van der Waals surface area contributed by atoms with E-state index >= 15 is 0 Å². The second kappa shape index (κ2) is 11.3. The molecule has 0 aliphatic carbocycles. The van der Waals surface area contributed by atoms with Gasteiger partial charge < -0.3 is 16.4 Å². The monoisotopic (exact) mass is 456 g/mol. The van der Waals surface area contributed by atoms with Gasteiger partial charge in [-0.25, -0.2) is 0 Å². The van der Waals surface area contributed by atoms with Gasteiger partial charge in [0.1, 0.15) is 0 Å². The fourth-order valence-electron chi connectivity index (χ4n) is 4.94. The maximum atomic E-state index is 11.3. The summed E-state index contributed by atoms with van der Waals surface area (Å²) in [6.45, 7) is 6.52. The van der Waals surface area contributed by atoms with Gasteiger partial charge in [-0.2, -0.15) is 0 Å². The summed E-state index contributed by atoms with van der Waals surface area (Å²) in [5.41, 5.74) is 15.5. The van der Waals surface area contributed by atoms with Gasteiger partial charge in [-0.15, -0.1) is 0 Å². The molecule has 1 amide bonds. The fourth-order valence-corrected chi connectivity index (χ4v) is 4.94. The van der Waals surface area contributed by atoms with Crippen LogP contribution in [0.25, 0.3) is 0 Å². The number of piperidine rings is 1. The molecular formula is C29H36N4O. The van der Waals surface area contributed by atoms with Gasteiger partial charge in [0.2, 0.25) is 0 Å². The zero-order valence-corrected chi connectivity index (χ0v) is 20.0. The molecule has 3 aromatic rings. The quantitative estimate of drug-likeness (QED) is 0.595. The molecule has 0 aromatic heterocycles. The maximum absolute atomic E-state index is 11.3. The van der Waals surface area contributed by atoms with Crippen LogP contribution in [-0.4, -0.2) is 43.0 Å². The minimum atomic E-state index is -0.370. The maximum Gasteiger partial charge on any atom is 0.250 e. The van der Waals surface area contributed by atoms with Crippen molar-refractivity contribution in [3.63, 3.8) is 0 Å². The molecular weight excluding hydrogens is 420 g/mol. The van der Waals surface area contributed by atoms with Crippen molar-refractivity contribution in [2.75, 3.05) is 31.1 Å². The molecule has 5 rings (SSSR count). The van der Waals surface area contributed by atoms with Crippen LogP contribution in [0.3, 0.4) is 0 Å². The van der Waals surface area contributed by atoms with Crippen molar-refractivity contribution < 1.29 is 4.79 Å². The molecule has 3 aromatic carbocycles. The molecule has 2 saturated heterocycles. The van der Waals surface area contributed by atoms with E-state index in [0.29, 0.717) is 11.6 Å². The van der Waals surface area contributed by atoms with Crippen LogP contribution in [0.5, 0.6) is 0 Å². The average Bonchev–Trinajstić information content (AvgIpc) is 2.85. The lowest BCUT2D eigenvalue weighted by Crippen LogP contribution is -2.47. The number of likely N-dealkylation sites (tertiary alicyclic amines) is 1. The molecule has 2 aliphatic rings. The Morgan fingerprint density at radius 3 is 1.82 bits per heavy atom. The molecule has 5 heteroatoms. The van der Waals surface area contributed by atoms with Crippen molar-refractivity contribution in [3.8, 4) is 0 Å². The fraction of sp³-hybridized carbons (Fsp3) is 0.345. The molecule has 0 saturated carbocycles. The first kappa shape index (κ1) is 24.0. The van der Waals surface area contributed by atoms with Gasteiger partial charge in [-0.05, 0) is 42.0 Å². The molecule has 0 unspecified atom stereocenters. The van der Waals surface area contributed by atoms with E-state index in [1.165, 1.54) is 24.2 Å². The molecule has 2 fully saturated rings. The lowest BCUT2D eigenvalue weighted by Gasteiger charge is -2.43. The molecule has 5 nitrogen and oxygen atoms in total. The van der Waals surface area contributed by atoms with Gasteiger partial charge in [0.25, 0.3) is 5.91 Å². The number of hydrogen-bond acceptors (Lipinski definition) is 4. The van der Waals surface area contributed by atoms with E-state index in [1.807, 2.05) is 18.2 Å². The largest absolute Gasteiger partial charge is 0.371 e. The van der Waals surface area contributed by atoms with E-state index in [4.69, 9.17) is 11.5 Å². The predicted molar refractivity (Wildman–Crippen MR) is 140 cm³/mol. The predicted octanol–water partition coefficient (Wildman–Crippen LogP) is 4.44. The zero-order valence-electron chi connectivity index (χ0n) is 20.0. The van der Waals surface area contributed by atoms with Gasteiger partial charge in [0.15, 0.2) is 0 Å². The second-order valence-electron chi connectivity index (χ2n) is 9.49. The minimum absolute atomic E-state index is 0.289. The van der Waals surface area contributed by atoms with Gasteiger partial charge in [-0.1, -0.05) is 79.7 Å². The highest BCUT2D eigenvalue weighted by atomic mass is 16.1. The number of primary amides is 1. The third kappa shape index (κ3) is 5.85.